The molecule has 1 aromatic carbocycles. The van der Waals surface area contributed by atoms with Gasteiger partial charge in [0.2, 0.25) is 0 Å². The van der Waals surface area contributed by atoms with E-state index in [0.29, 0.717) is 24.8 Å². The van der Waals surface area contributed by atoms with E-state index in [1.54, 1.807) is 12.1 Å². The number of rotatable bonds is 10. The Morgan fingerprint density at radius 2 is 1.56 bits per heavy atom. The molecule has 1 aliphatic carbocycles. The van der Waals surface area contributed by atoms with E-state index in [9.17, 15) is 31.5 Å². The Labute approximate surface area is 226 Å². The summed E-state index contributed by atoms with van der Waals surface area (Å²) in [6.45, 7) is 5.40. The van der Waals surface area contributed by atoms with E-state index in [-0.39, 0.29) is 16.1 Å². The van der Waals surface area contributed by atoms with Crippen molar-refractivity contribution in [2.75, 3.05) is 22.7 Å². The van der Waals surface area contributed by atoms with Crippen molar-refractivity contribution in [2.45, 2.75) is 75.8 Å². The first-order chi connectivity index (χ1) is 18.3. The van der Waals surface area contributed by atoms with E-state index in [1.165, 1.54) is 37.1 Å². The lowest BCUT2D eigenvalue weighted by molar-refractivity contribution is -0.192. The van der Waals surface area contributed by atoms with Crippen LogP contribution in [0.25, 0.3) is 0 Å². The average molecular weight is 574 g/mol. The summed E-state index contributed by atoms with van der Waals surface area (Å²) in [5.74, 6) is -3.03. The van der Waals surface area contributed by atoms with E-state index >= 15 is 0 Å². The summed E-state index contributed by atoms with van der Waals surface area (Å²) in [7, 11) is -3.85. The highest BCUT2D eigenvalue weighted by atomic mass is 32.2. The Morgan fingerprint density at radius 1 is 1.03 bits per heavy atom. The number of anilines is 2. The minimum Gasteiger partial charge on any atom is -0.478 e. The van der Waals surface area contributed by atoms with Crippen LogP contribution in [0.3, 0.4) is 0 Å². The van der Waals surface area contributed by atoms with Crippen molar-refractivity contribution in [3.8, 4) is 0 Å². The van der Waals surface area contributed by atoms with Crippen LogP contribution in [0.1, 0.15) is 80.6 Å². The highest BCUT2D eigenvalue weighted by Crippen LogP contribution is 2.33. The predicted molar refractivity (Wildman–Crippen MR) is 141 cm³/mol. The van der Waals surface area contributed by atoms with Gasteiger partial charge in [-0.2, -0.15) is 13.2 Å². The summed E-state index contributed by atoms with van der Waals surface area (Å²) >= 11 is 0. The number of hydrogen-bond donors (Lipinski definition) is 3. The normalized spacial score (nSPS) is 14.2. The number of benzene rings is 1. The molecule has 13 heteroatoms. The van der Waals surface area contributed by atoms with Gasteiger partial charge >= 0.3 is 18.1 Å². The largest absolute Gasteiger partial charge is 0.490 e. The molecule has 0 radical (unpaired) electrons. The van der Waals surface area contributed by atoms with Crippen LogP contribution in [0, 0.1) is 0 Å². The van der Waals surface area contributed by atoms with Crippen LogP contribution in [0.2, 0.25) is 0 Å². The number of aromatic nitrogens is 1. The maximum Gasteiger partial charge on any atom is 0.490 e. The second kappa shape index (κ2) is 14.2. The number of halogens is 3. The van der Waals surface area contributed by atoms with Crippen molar-refractivity contribution in [1.29, 1.82) is 0 Å². The number of aliphatic carboxylic acids is 1. The van der Waals surface area contributed by atoms with Gasteiger partial charge in [-0.3, -0.25) is 4.72 Å². The topological polar surface area (TPSA) is 137 Å². The van der Waals surface area contributed by atoms with Gasteiger partial charge in [-0.1, -0.05) is 45.2 Å². The number of sulfonamides is 1. The number of nitrogens with one attached hydrogen (secondary N) is 1. The number of carboxylic acids is 2. The number of carbonyl (C=O) groups is 2. The van der Waals surface area contributed by atoms with Crippen LogP contribution in [0.15, 0.2) is 41.4 Å². The zero-order chi connectivity index (χ0) is 29.2. The molecule has 0 aliphatic heterocycles. The van der Waals surface area contributed by atoms with Gasteiger partial charge in [-0.25, -0.2) is 23.0 Å². The number of nitrogens with zero attached hydrogens (tertiary/aromatic N) is 2. The minimum atomic E-state index is -5.08. The number of hydrogen-bond acceptors (Lipinski definition) is 6. The zero-order valence-electron chi connectivity index (χ0n) is 21.9. The lowest BCUT2D eigenvalue weighted by Crippen LogP contribution is -2.28. The number of carboxylic acid groups (broad SMARTS) is 2. The fourth-order valence-corrected chi connectivity index (χ4v) is 5.39. The predicted octanol–water partition coefficient (Wildman–Crippen LogP) is 5.89. The van der Waals surface area contributed by atoms with Gasteiger partial charge in [-0.05, 0) is 55.4 Å². The highest BCUT2D eigenvalue weighted by molar-refractivity contribution is 7.92. The van der Waals surface area contributed by atoms with Crippen LogP contribution in [0.4, 0.5) is 24.7 Å². The first-order valence-electron chi connectivity index (χ1n) is 12.7. The van der Waals surface area contributed by atoms with E-state index in [1.807, 2.05) is 30.9 Å². The SMILES string of the molecule is CCCN(CCC)c1ncc(NS(=O)(=O)c2ccc(C3CCCCC3)cc2)cc1C(=O)O.O=C(O)C(F)(F)F. The van der Waals surface area contributed by atoms with Gasteiger partial charge in [0.15, 0.2) is 0 Å². The van der Waals surface area contributed by atoms with Crippen molar-refractivity contribution in [3.63, 3.8) is 0 Å². The van der Waals surface area contributed by atoms with Crippen molar-refractivity contribution >= 4 is 33.5 Å². The van der Waals surface area contributed by atoms with E-state index in [4.69, 9.17) is 9.90 Å². The third-order valence-electron chi connectivity index (χ3n) is 6.15. The molecule has 216 valence electrons. The smallest absolute Gasteiger partial charge is 0.478 e. The molecule has 0 unspecified atom stereocenters. The van der Waals surface area contributed by atoms with Crippen LogP contribution >= 0.6 is 0 Å². The summed E-state index contributed by atoms with van der Waals surface area (Å²) in [5.41, 5.74) is 1.30. The summed E-state index contributed by atoms with van der Waals surface area (Å²) < 4.78 is 60.0. The van der Waals surface area contributed by atoms with Crippen molar-refractivity contribution in [3.05, 3.63) is 47.7 Å². The molecule has 1 heterocycles. The molecule has 0 saturated heterocycles. The van der Waals surface area contributed by atoms with Crippen LogP contribution in [0.5, 0.6) is 0 Å². The van der Waals surface area contributed by atoms with Gasteiger partial charge in [0, 0.05) is 13.1 Å². The number of pyridine rings is 1. The molecule has 1 fully saturated rings. The third-order valence-corrected chi connectivity index (χ3v) is 7.54. The second-order valence-electron chi connectivity index (χ2n) is 9.20. The number of alkyl halides is 3. The molecule has 2 aromatic rings. The van der Waals surface area contributed by atoms with E-state index in [2.05, 4.69) is 9.71 Å². The van der Waals surface area contributed by atoms with Crippen LogP contribution < -0.4 is 9.62 Å². The maximum atomic E-state index is 12.9. The van der Waals surface area contributed by atoms with E-state index < -0.39 is 28.1 Å². The van der Waals surface area contributed by atoms with Gasteiger partial charge in [-0.15, -0.1) is 0 Å². The molecule has 0 bridgehead atoms. The molecule has 0 amide bonds. The average Bonchev–Trinajstić information content (AvgIpc) is 2.89. The Balaban J connectivity index is 0.000000673. The zero-order valence-corrected chi connectivity index (χ0v) is 22.7. The molecular weight excluding hydrogens is 539 g/mol. The molecule has 0 spiro atoms. The molecular formula is C26H34F3N3O6S. The van der Waals surface area contributed by atoms with E-state index in [0.717, 1.165) is 25.7 Å². The fraction of sp³-hybridized carbons (Fsp3) is 0.500. The van der Waals surface area contributed by atoms with Crippen LogP contribution in [-0.4, -0.2) is 54.8 Å². The highest BCUT2D eigenvalue weighted by Gasteiger charge is 2.38. The molecule has 1 saturated carbocycles. The van der Waals surface area contributed by atoms with Crippen molar-refractivity contribution in [2.24, 2.45) is 0 Å². The lowest BCUT2D eigenvalue weighted by atomic mass is 9.84. The fourth-order valence-electron chi connectivity index (χ4n) is 4.36. The van der Waals surface area contributed by atoms with Crippen LogP contribution in [-0.2, 0) is 14.8 Å². The molecule has 3 N–H and O–H groups in total. The maximum absolute atomic E-state index is 12.9. The molecule has 0 atom stereocenters. The molecule has 39 heavy (non-hydrogen) atoms. The van der Waals surface area contributed by atoms with Crippen molar-refractivity contribution in [1.82, 2.24) is 4.98 Å². The standard InChI is InChI=1S/C24H33N3O4S.C2HF3O2/c1-3-14-27(15-4-2)23-22(24(28)29)16-20(17-25-23)26-32(30,31)21-12-10-19(11-13-21)18-8-6-5-7-9-18;3-2(4,5)1(6)7/h10-13,16-18,26H,3-9,14-15H2,1-2H3,(H,28,29);(H,6,7). The Morgan fingerprint density at radius 3 is 2.03 bits per heavy atom. The summed E-state index contributed by atoms with van der Waals surface area (Å²) in [4.78, 5) is 27.1. The number of aromatic carboxylic acids is 1. The summed E-state index contributed by atoms with van der Waals surface area (Å²) in [6.07, 6.45) is 4.00. The quantitative estimate of drug-likeness (QED) is 0.320. The molecule has 1 aliphatic rings. The Hall–Kier alpha value is -3.35. The van der Waals surface area contributed by atoms with Crippen molar-refractivity contribution < 1.29 is 41.4 Å². The summed E-state index contributed by atoms with van der Waals surface area (Å²) in [6, 6.07) is 8.37. The Bertz CT molecular complexity index is 1210. The minimum absolute atomic E-state index is 0.0141. The molecule has 9 nitrogen and oxygen atoms in total. The first-order valence-corrected chi connectivity index (χ1v) is 14.2. The molecule has 3 rings (SSSR count). The van der Waals surface area contributed by atoms with Gasteiger partial charge < -0.3 is 15.1 Å². The Kier molecular flexibility index (Phi) is 11.6. The molecule has 1 aromatic heterocycles. The second-order valence-corrected chi connectivity index (χ2v) is 10.9. The monoisotopic (exact) mass is 573 g/mol. The van der Waals surface area contributed by atoms with Gasteiger partial charge in [0.1, 0.15) is 11.4 Å². The lowest BCUT2D eigenvalue weighted by Gasteiger charge is -2.24. The first kappa shape index (κ1) is 31.9. The van der Waals surface area contributed by atoms with Gasteiger partial charge in [0.05, 0.1) is 16.8 Å². The third kappa shape index (κ3) is 9.41. The summed E-state index contributed by atoms with van der Waals surface area (Å²) in [5, 5.41) is 16.8. The van der Waals surface area contributed by atoms with Gasteiger partial charge in [0.25, 0.3) is 10.0 Å².